The van der Waals surface area contributed by atoms with Crippen molar-refractivity contribution in [2.45, 2.75) is 37.8 Å². The molecule has 1 aromatic heterocycles. The van der Waals surface area contributed by atoms with Gasteiger partial charge in [0.2, 0.25) is 5.91 Å². The van der Waals surface area contributed by atoms with Crippen molar-refractivity contribution in [1.82, 2.24) is 15.1 Å². The van der Waals surface area contributed by atoms with Crippen molar-refractivity contribution in [3.8, 4) is 0 Å². The van der Waals surface area contributed by atoms with Crippen LogP contribution in [-0.4, -0.2) is 34.1 Å². The fraction of sp³-hybridized carbons (Fsp3) is 0.412. The van der Waals surface area contributed by atoms with Crippen LogP contribution in [0.1, 0.15) is 35.6 Å². The lowest BCUT2D eigenvalue weighted by Crippen LogP contribution is -2.43. The summed E-state index contributed by atoms with van der Waals surface area (Å²) in [6.45, 7) is 0. The van der Waals surface area contributed by atoms with Crippen molar-refractivity contribution >= 4 is 5.91 Å². The third kappa shape index (κ3) is 2.90. The number of aromatic nitrogens is 2. The van der Waals surface area contributed by atoms with Gasteiger partial charge in [-0.2, -0.15) is 5.10 Å². The van der Waals surface area contributed by atoms with Gasteiger partial charge in [0, 0.05) is 13.2 Å². The molecule has 0 spiro atoms. The lowest BCUT2D eigenvalue weighted by Gasteiger charge is -2.28. The van der Waals surface area contributed by atoms with Crippen molar-refractivity contribution in [1.29, 1.82) is 0 Å². The Morgan fingerprint density at radius 2 is 2.32 bits per heavy atom. The van der Waals surface area contributed by atoms with Crippen molar-refractivity contribution < 1.29 is 4.79 Å². The second kappa shape index (κ2) is 6.32. The highest BCUT2D eigenvalue weighted by Crippen LogP contribution is 2.35. The van der Waals surface area contributed by atoms with Gasteiger partial charge in [0.25, 0.3) is 0 Å². The van der Waals surface area contributed by atoms with Crippen LogP contribution in [0.5, 0.6) is 0 Å². The largest absolute Gasteiger partial charge is 0.337 e. The van der Waals surface area contributed by atoms with Crippen LogP contribution in [0.2, 0.25) is 0 Å². The van der Waals surface area contributed by atoms with Gasteiger partial charge in [0.15, 0.2) is 0 Å². The molecule has 0 bridgehead atoms. The Hall–Kier alpha value is -2.14. The van der Waals surface area contributed by atoms with Gasteiger partial charge in [-0.3, -0.25) is 9.89 Å². The van der Waals surface area contributed by atoms with Crippen LogP contribution < -0.4 is 5.73 Å². The average molecular weight is 298 g/mol. The number of aromatic amines is 1. The molecule has 1 aliphatic carbocycles. The van der Waals surface area contributed by atoms with Gasteiger partial charge in [0.1, 0.15) is 0 Å². The van der Waals surface area contributed by atoms with Crippen molar-refractivity contribution in [3.05, 3.63) is 53.3 Å². The third-order valence-corrected chi connectivity index (χ3v) is 4.53. The molecule has 3 rings (SSSR count). The molecule has 0 saturated heterocycles. The van der Waals surface area contributed by atoms with E-state index >= 15 is 0 Å². The second-order valence-corrected chi connectivity index (χ2v) is 5.95. The zero-order valence-electron chi connectivity index (χ0n) is 12.8. The van der Waals surface area contributed by atoms with E-state index in [0.717, 1.165) is 24.8 Å². The highest BCUT2D eigenvalue weighted by atomic mass is 16.2. The first-order chi connectivity index (χ1) is 10.7. The smallest absolute Gasteiger partial charge is 0.239 e. The molecule has 22 heavy (non-hydrogen) atoms. The number of benzene rings is 1. The SMILES string of the molecule is CN(C(=O)C(N)CCc1cn[nH]c1)C1CCc2ccccc21. The lowest BCUT2D eigenvalue weighted by atomic mass is 10.0. The lowest BCUT2D eigenvalue weighted by molar-refractivity contribution is -0.133. The van der Waals surface area contributed by atoms with Crippen LogP contribution in [0.3, 0.4) is 0 Å². The molecular formula is C17H22N4O. The van der Waals surface area contributed by atoms with E-state index < -0.39 is 6.04 Å². The molecule has 1 amide bonds. The van der Waals surface area contributed by atoms with E-state index in [4.69, 9.17) is 5.73 Å². The molecule has 0 aliphatic heterocycles. The number of hydrogen-bond donors (Lipinski definition) is 2. The first kappa shape index (κ1) is 14.8. The number of carbonyl (C=O) groups is 1. The Morgan fingerprint density at radius 1 is 1.50 bits per heavy atom. The molecular weight excluding hydrogens is 276 g/mol. The van der Waals surface area contributed by atoms with E-state index in [9.17, 15) is 4.79 Å². The molecule has 3 N–H and O–H groups in total. The Balaban J connectivity index is 1.62. The fourth-order valence-electron chi connectivity index (χ4n) is 3.21. The minimum absolute atomic E-state index is 0.0187. The minimum atomic E-state index is -0.465. The number of rotatable bonds is 5. The quantitative estimate of drug-likeness (QED) is 0.884. The predicted molar refractivity (Wildman–Crippen MR) is 85.2 cm³/mol. The first-order valence-electron chi connectivity index (χ1n) is 7.74. The topological polar surface area (TPSA) is 75.0 Å². The average Bonchev–Trinajstić information content (AvgIpc) is 3.20. The maximum atomic E-state index is 12.6. The van der Waals surface area contributed by atoms with Gasteiger partial charge < -0.3 is 10.6 Å². The molecule has 5 heteroatoms. The van der Waals surface area contributed by atoms with E-state index in [0.29, 0.717) is 6.42 Å². The second-order valence-electron chi connectivity index (χ2n) is 5.95. The summed E-state index contributed by atoms with van der Waals surface area (Å²) in [5.74, 6) is 0.0187. The van der Waals surface area contributed by atoms with Gasteiger partial charge >= 0.3 is 0 Å². The summed E-state index contributed by atoms with van der Waals surface area (Å²) in [5, 5.41) is 6.68. The summed E-state index contributed by atoms with van der Waals surface area (Å²) in [6, 6.07) is 8.05. The van der Waals surface area contributed by atoms with Crippen LogP contribution in [0.4, 0.5) is 0 Å². The zero-order chi connectivity index (χ0) is 15.5. The number of likely N-dealkylation sites (N-methyl/N-ethyl adjacent to an activating group) is 1. The normalized spacial score (nSPS) is 18.0. The van der Waals surface area contributed by atoms with Gasteiger partial charge in [-0.25, -0.2) is 0 Å². The Morgan fingerprint density at radius 3 is 3.09 bits per heavy atom. The van der Waals surface area contributed by atoms with Gasteiger partial charge in [-0.1, -0.05) is 24.3 Å². The van der Waals surface area contributed by atoms with Crippen molar-refractivity contribution in [3.63, 3.8) is 0 Å². The molecule has 1 aromatic carbocycles. The van der Waals surface area contributed by atoms with Gasteiger partial charge in [0.05, 0.1) is 18.3 Å². The number of aryl methyl sites for hydroxylation is 2. The van der Waals surface area contributed by atoms with E-state index in [1.54, 1.807) is 6.20 Å². The molecule has 0 radical (unpaired) electrons. The number of H-pyrrole nitrogens is 1. The maximum Gasteiger partial charge on any atom is 0.239 e. The Labute approximate surface area is 130 Å². The molecule has 0 fully saturated rings. The zero-order valence-corrected chi connectivity index (χ0v) is 12.8. The van der Waals surface area contributed by atoms with Crippen LogP contribution in [0.25, 0.3) is 0 Å². The highest BCUT2D eigenvalue weighted by molar-refractivity contribution is 5.82. The molecule has 5 nitrogen and oxygen atoms in total. The van der Waals surface area contributed by atoms with Crippen LogP contribution in [0.15, 0.2) is 36.7 Å². The molecule has 2 atom stereocenters. The molecule has 116 valence electrons. The highest BCUT2D eigenvalue weighted by Gasteiger charge is 2.30. The van der Waals surface area contributed by atoms with Crippen LogP contribution >= 0.6 is 0 Å². The number of nitrogens with zero attached hydrogens (tertiary/aromatic N) is 2. The predicted octanol–water partition coefficient (Wildman–Crippen LogP) is 1.82. The number of carbonyl (C=O) groups excluding carboxylic acids is 1. The molecule has 1 aliphatic rings. The summed E-state index contributed by atoms with van der Waals surface area (Å²) in [5.41, 5.74) is 9.79. The Kier molecular flexibility index (Phi) is 4.24. The maximum absolute atomic E-state index is 12.6. The number of nitrogens with two attached hydrogens (primary N) is 1. The minimum Gasteiger partial charge on any atom is -0.337 e. The molecule has 2 unspecified atom stereocenters. The molecule has 2 aromatic rings. The number of nitrogens with one attached hydrogen (secondary N) is 1. The fourth-order valence-corrected chi connectivity index (χ4v) is 3.21. The Bertz CT molecular complexity index is 638. The van der Waals surface area contributed by atoms with Crippen molar-refractivity contribution in [2.24, 2.45) is 5.73 Å². The van der Waals surface area contributed by atoms with Crippen molar-refractivity contribution in [2.75, 3.05) is 7.05 Å². The van der Waals surface area contributed by atoms with Crippen LogP contribution in [0, 0.1) is 0 Å². The standard InChI is InChI=1S/C17H22N4O/c1-21(16-9-7-13-4-2-3-5-14(13)16)17(22)15(18)8-6-12-10-19-20-11-12/h2-5,10-11,15-16H,6-9,18H2,1H3,(H,19,20). The third-order valence-electron chi connectivity index (χ3n) is 4.53. The summed E-state index contributed by atoms with van der Waals surface area (Å²) in [6.07, 6.45) is 7.02. The van der Waals surface area contributed by atoms with Crippen LogP contribution in [-0.2, 0) is 17.6 Å². The monoisotopic (exact) mass is 298 g/mol. The number of hydrogen-bond acceptors (Lipinski definition) is 3. The number of amides is 1. The number of fused-ring (bicyclic) bond motifs is 1. The summed E-state index contributed by atoms with van der Waals surface area (Å²) >= 11 is 0. The van der Waals surface area contributed by atoms with E-state index in [1.165, 1.54) is 11.1 Å². The molecule has 1 heterocycles. The van der Waals surface area contributed by atoms with E-state index in [-0.39, 0.29) is 11.9 Å². The summed E-state index contributed by atoms with van der Waals surface area (Å²) in [7, 11) is 1.87. The summed E-state index contributed by atoms with van der Waals surface area (Å²) in [4.78, 5) is 14.4. The first-order valence-corrected chi connectivity index (χ1v) is 7.74. The van der Waals surface area contributed by atoms with E-state index in [2.05, 4.69) is 28.4 Å². The van der Waals surface area contributed by atoms with Gasteiger partial charge in [-0.05, 0) is 42.4 Å². The van der Waals surface area contributed by atoms with E-state index in [1.807, 2.05) is 24.2 Å². The molecule has 0 saturated carbocycles. The van der Waals surface area contributed by atoms with Gasteiger partial charge in [-0.15, -0.1) is 0 Å². The summed E-state index contributed by atoms with van der Waals surface area (Å²) < 4.78 is 0.